The van der Waals surface area contributed by atoms with Crippen molar-refractivity contribution in [2.45, 2.75) is 45.3 Å². The number of hydrogen-bond donors (Lipinski definition) is 3. The Kier molecular flexibility index (Phi) is 6.03. The zero-order chi connectivity index (χ0) is 24.5. The van der Waals surface area contributed by atoms with Gasteiger partial charge in [0, 0.05) is 40.9 Å². The number of carbonyl (C=O) groups excluding carboxylic acids is 1. The van der Waals surface area contributed by atoms with Crippen molar-refractivity contribution in [3.05, 3.63) is 75.8 Å². The smallest absolute Gasteiger partial charge is 0.326 e. The Balaban J connectivity index is 1.49. The second-order valence-corrected chi connectivity index (χ2v) is 9.09. The summed E-state index contributed by atoms with van der Waals surface area (Å²) in [5.41, 5.74) is 3.20. The SMILES string of the molecule is Cc1cc(COc2ccc(C(=O)N(C)C3CCCC3)c(-c3[nH]c(=O)[nH]c3O)c2)c2ccccc2n1. The zero-order valence-electron chi connectivity index (χ0n) is 19.8. The Hall–Kier alpha value is -4.07. The summed E-state index contributed by atoms with van der Waals surface area (Å²) in [7, 11) is 1.81. The fourth-order valence-electron chi connectivity index (χ4n) is 4.90. The molecule has 0 unspecified atom stereocenters. The molecule has 8 heteroatoms. The van der Waals surface area contributed by atoms with Crippen molar-refractivity contribution in [2.24, 2.45) is 0 Å². The highest BCUT2D eigenvalue weighted by Gasteiger charge is 2.27. The van der Waals surface area contributed by atoms with Crippen LogP contribution in [-0.4, -0.2) is 44.0 Å². The minimum atomic E-state index is -0.551. The number of amides is 1. The van der Waals surface area contributed by atoms with Crippen molar-refractivity contribution in [3.63, 3.8) is 0 Å². The average Bonchev–Trinajstić information content (AvgIpc) is 3.51. The Morgan fingerprint density at radius 3 is 2.66 bits per heavy atom. The van der Waals surface area contributed by atoms with Crippen molar-refractivity contribution in [1.29, 1.82) is 0 Å². The number of para-hydroxylation sites is 1. The number of carbonyl (C=O) groups is 1. The first-order valence-corrected chi connectivity index (χ1v) is 11.8. The molecule has 0 radical (unpaired) electrons. The van der Waals surface area contributed by atoms with Crippen molar-refractivity contribution in [2.75, 3.05) is 7.05 Å². The maximum Gasteiger partial charge on any atom is 0.326 e. The zero-order valence-corrected chi connectivity index (χ0v) is 19.8. The molecule has 4 aromatic rings. The van der Waals surface area contributed by atoms with Crippen LogP contribution in [0.2, 0.25) is 0 Å². The van der Waals surface area contributed by atoms with E-state index in [4.69, 9.17) is 4.74 Å². The number of aromatic hydroxyl groups is 1. The summed E-state index contributed by atoms with van der Waals surface area (Å²) in [6.07, 6.45) is 4.17. The fraction of sp³-hybridized carbons (Fsp3) is 0.296. The average molecular weight is 473 g/mol. The van der Waals surface area contributed by atoms with E-state index in [1.54, 1.807) is 23.1 Å². The molecule has 8 nitrogen and oxygen atoms in total. The van der Waals surface area contributed by atoms with Gasteiger partial charge in [-0.05, 0) is 50.1 Å². The van der Waals surface area contributed by atoms with E-state index in [0.29, 0.717) is 23.5 Å². The number of H-pyrrole nitrogens is 2. The molecule has 1 aliphatic carbocycles. The van der Waals surface area contributed by atoms with Gasteiger partial charge in [-0.25, -0.2) is 4.79 Å². The summed E-state index contributed by atoms with van der Waals surface area (Å²) >= 11 is 0. The van der Waals surface area contributed by atoms with Gasteiger partial charge in [0.15, 0.2) is 0 Å². The number of aromatic nitrogens is 3. The van der Waals surface area contributed by atoms with Crippen molar-refractivity contribution >= 4 is 16.8 Å². The summed E-state index contributed by atoms with van der Waals surface area (Å²) in [6.45, 7) is 2.24. The molecule has 2 aromatic heterocycles. The predicted octanol–water partition coefficient (Wildman–Crippen LogP) is 4.53. The van der Waals surface area contributed by atoms with Gasteiger partial charge in [-0.1, -0.05) is 31.0 Å². The van der Waals surface area contributed by atoms with Crippen LogP contribution in [0.15, 0.2) is 53.3 Å². The van der Waals surface area contributed by atoms with E-state index in [0.717, 1.165) is 47.8 Å². The van der Waals surface area contributed by atoms with E-state index in [-0.39, 0.29) is 23.5 Å². The molecule has 2 aromatic carbocycles. The molecule has 1 aliphatic rings. The van der Waals surface area contributed by atoms with Gasteiger partial charge < -0.3 is 19.7 Å². The summed E-state index contributed by atoms with van der Waals surface area (Å²) in [5.74, 6) is 0.0381. The van der Waals surface area contributed by atoms with Crippen LogP contribution in [-0.2, 0) is 6.61 Å². The number of pyridine rings is 1. The molecule has 0 saturated heterocycles. The number of nitrogens with zero attached hydrogens (tertiary/aromatic N) is 2. The topological polar surface area (TPSA) is 111 Å². The standard InChI is InChI=1S/C27H28N4O4/c1-16-13-17(20-9-5-6-10-23(20)28-16)15-35-19-11-12-21(26(33)31(2)18-7-3-4-8-18)22(14-19)24-25(32)30-27(34)29-24/h5-6,9-14,18,32H,3-4,7-8,15H2,1-2H3,(H2,29,30,34). The van der Waals surface area contributed by atoms with Gasteiger partial charge >= 0.3 is 5.69 Å². The van der Waals surface area contributed by atoms with Crippen LogP contribution in [0.5, 0.6) is 11.6 Å². The van der Waals surface area contributed by atoms with Gasteiger partial charge in [-0.3, -0.25) is 14.8 Å². The van der Waals surface area contributed by atoms with E-state index in [2.05, 4.69) is 15.0 Å². The third-order valence-electron chi connectivity index (χ3n) is 6.72. The minimum Gasteiger partial charge on any atom is -0.493 e. The van der Waals surface area contributed by atoms with Crippen molar-refractivity contribution in [3.8, 4) is 22.9 Å². The molecular formula is C27H28N4O4. The largest absolute Gasteiger partial charge is 0.493 e. The van der Waals surface area contributed by atoms with E-state index < -0.39 is 5.69 Å². The number of rotatable bonds is 6. The molecule has 35 heavy (non-hydrogen) atoms. The second kappa shape index (κ2) is 9.29. The molecule has 1 saturated carbocycles. The fourth-order valence-corrected chi connectivity index (χ4v) is 4.90. The monoisotopic (exact) mass is 472 g/mol. The highest BCUT2D eigenvalue weighted by Crippen LogP contribution is 2.33. The number of aromatic amines is 2. The van der Waals surface area contributed by atoms with E-state index in [1.165, 1.54) is 0 Å². The van der Waals surface area contributed by atoms with Gasteiger partial charge in [0.25, 0.3) is 5.91 Å². The van der Waals surface area contributed by atoms with Crippen LogP contribution in [0.3, 0.4) is 0 Å². The lowest BCUT2D eigenvalue weighted by Gasteiger charge is -2.25. The molecular weight excluding hydrogens is 444 g/mol. The van der Waals surface area contributed by atoms with Gasteiger partial charge in [-0.15, -0.1) is 0 Å². The number of benzene rings is 2. The molecule has 0 aliphatic heterocycles. The third kappa shape index (κ3) is 4.51. The first-order chi connectivity index (χ1) is 16.9. The van der Waals surface area contributed by atoms with E-state index in [9.17, 15) is 14.7 Å². The molecule has 180 valence electrons. The maximum atomic E-state index is 13.4. The number of fused-ring (bicyclic) bond motifs is 1. The lowest BCUT2D eigenvalue weighted by atomic mass is 10.0. The van der Waals surface area contributed by atoms with Gasteiger partial charge in [0.05, 0.1) is 5.52 Å². The summed E-state index contributed by atoms with van der Waals surface area (Å²) in [6, 6.07) is 15.2. The molecule has 0 bridgehead atoms. The van der Waals surface area contributed by atoms with Crippen LogP contribution in [0, 0.1) is 6.92 Å². The van der Waals surface area contributed by atoms with Crippen molar-refractivity contribution in [1.82, 2.24) is 19.9 Å². The normalized spacial score (nSPS) is 13.9. The number of imidazole rings is 1. The summed E-state index contributed by atoms with van der Waals surface area (Å²) in [5, 5.41) is 11.3. The third-order valence-corrected chi connectivity index (χ3v) is 6.72. The lowest BCUT2D eigenvalue weighted by molar-refractivity contribution is 0.0736. The van der Waals surface area contributed by atoms with Gasteiger partial charge in [-0.2, -0.15) is 0 Å². The Labute approximate surface area is 202 Å². The molecule has 5 rings (SSSR count). The van der Waals surface area contributed by atoms with Gasteiger partial charge in [0.2, 0.25) is 5.88 Å². The minimum absolute atomic E-state index is 0.157. The summed E-state index contributed by atoms with van der Waals surface area (Å²) in [4.78, 5) is 36.5. The van der Waals surface area contributed by atoms with E-state index in [1.807, 2.05) is 44.3 Å². The highest BCUT2D eigenvalue weighted by molar-refractivity contribution is 6.01. The van der Waals surface area contributed by atoms with Crippen LogP contribution in [0.1, 0.15) is 47.3 Å². The molecule has 0 spiro atoms. The molecule has 1 amide bonds. The Bertz CT molecular complexity index is 1450. The Morgan fingerprint density at radius 1 is 1.14 bits per heavy atom. The lowest BCUT2D eigenvalue weighted by Crippen LogP contribution is -2.35. The number of nitrogens with one attached hydrogen (secondary N) is 2. The molecule has 2 heterocycles. The van der Waals surface area contributed by atoms with E-state index >= 15 is 0 Å². The number of ether oxygens (including phenoxy) is 1. The number of hydrogen-bond acceptors (Lipinski definition) is 5. The molecule has 3 N–H and O–H groups in total. The van der Waals surface area contributed by atoms with Crippen LogP contribution in [0.4, 0.5) is 0 Å². The maximum absolute atomic E-state index is 13.4. The predicted molar refractivity (Wildman–Crippen MR) is 134 cm³/mol. The van der Waals surface area contributed by atoms with Crippen LogP contribution in [0.25, 0.3) is 22.2 Å². The van der Waals surface area contributed by atoms with Crippen LogP contribution >= 0.6 is 0 Å². The molecule has 1 fully saturated rings. The highest BCUT2D eigenvalue weighted by atomic mass is 16.5. The Morgan fingerprint density at radius 2 is 1.91 bits per heavy atom. The summed E-state index contributed by atoms with van der Waals surface area (Å²) < 4.78 is 6.12. The number of aryl methyl sites for hydroxylation is 1. The van der Waals surface area contributed by atoms with Gasteiger partial charge in [0.1, 0.15) is 18.1 Å². The quantitative estimate of drug-likeness (QED) is 0.382. The first kappa shape index (κ1) is 22.7. The van der Waals surface area contributed by atoms with Crippen molar-refractivity contribution < 1.29 is 14.6 Å². The second-order valence-electron chi connectivity index (χ2n) is 9.09. The van der Waals surface area contributed by atoms with Crippen LogP contribution < -0.4 is 10.4 Å². The first-order valence-electron chi connectivity index (χ1n) is 11.8. The molecule has 0 atom stereocenters.